The van der Waals surface area contributed by atoms with Crippen LogP contribution in [-0.4, -0.2) is 18.0 Å². The van der Waals surface area contributed by atoms with Gasteiger partial charge in [-0.15, -0.1) is 0 Å². The summed E-state index contributed by atoms with van der Waals surface area (Å²) in [5, 5.41) is 2.78. The molecule has 0 spiro atoms. The van der Waals surface area contributed by atoms with Crippen LogP contribution >= 0.6 is 12.2 Å². The van der Waals surface area contributed by atoms with Gasteiger partial charge in [-0.25, -0.2) is 4.39 Å². The van der Waals surface area contributed by atoms with Crippen molar-refractivity contribution in [1.29, 1.82) is 0 Å². The lowest BCUT2D eigenvalue weighted by molar-refractivity contribution is 0.0939. The average Bonchev–Trinajstić information content (AvgIpc) is 2.47. The number of pyridine rings is 1. The molecule has 4 nitrogen and oxygen atoms in total. The van der Waals surface area contributed by atoms with Gasteiger partial charge in [0.2, 0.25) is 0 Å². The minimum absolute atomic E-state index is 0.169. The van der Waals surface area contributed by atoms with E-state index in [-0.39, 0.29) is 17.7 Å². The normalized spacial score (nSPS) is 11.8. The van der Waals surface area contributed by atoms with Crippen LogP contribution in [0.3, 0.4) is 0 Å². The van der Waals surface area contributed by atoms with E-state index in [1.54, 1.807) is 31.3 Å². The van der Waals surface area contributed by atoms with E-state index in [0.717, 1.165) is 0 Å². The van der Waals surface area contributed by atoms with Crippen LogP contribution in [-0.2, 0) is 0 Å². The number of hydrogen-bond donors (Lipinski definition) is 2. The molecule has 0 bridgehead atoms. The summed E-state index contributed by atoms with van der Waals surface area (Å²) in [7, 11) is 1.40. The number of nitrogens with one attached hydrogen (secondary N) is 2. The second-order valence-corrected chi connectivity index (χ2v) is 4.91. The van der Waals surface area contributed by atoms with Crippen LogP contribution in [0.5, 0.6) is 5.75 Å². The number of hydrogen-bond acceptors (Lipinski definition) is 3. The van der Waals surface area contributed by atoms with Gasteiger partial charge in [-0.05, 0) is 36.8 Å². The lowest BCUT2D eigenvalue weighted by atomic mass is 10.1. The molecule has 0 aliphatic rings. The van der Waals surface area contributed by atoms with Gasteiger partial charge in [-0.2, -0.15) is 0 Å². The van der Waals surface area contributed by atoms with Gasteiger partial charge in [-0.1, -0.05) is 18.3 Å². The van der Waals surface area contributed by atoms with Crippen molar-refractivity contribution in [3.8, 4) is 5.75 Å². The number of carbonyl (C=O) groups is 1. The molecule has 2 rings (SSSR count). The van der Waals surface area contributed by atoms with Crippen molar-refractivity contribution in [2.24, 2.45) is 0 Å². The number of methoxy groups -OCH3 is 1. The molecular weight excluding hydrogens is 291 g/mol. The van der Waals surface area contributed by atoms with Gasteiger partial charge in [0.15, 0.2) is 11.6 Å². The second kappa shape index (κ2) is 6.49. The zero-order valence-electron chi connectivity index (χ0n) is 11.6. The van der Waals surface area contributed by atoms with Crippen molar-refractivity contribution in [3.05, 3.63) is 58.1 Å². The Morgan fingerprint density at radius 3 is 2.81 bits per heavy atom. The Kier molecular flexibility index (Phi) is 4.70. The Labute approximate surface area is 127 Å². The highest BCUT2D eigenvalue weighted by atomic mass is 32.1. The monoisotopic (exact) mass is 306 g/mol. The maximum Gasteiger partial charge on any atom is 0.254 e. The molecule has 2 aromatic rings. The first-order valence-electron chi connectivity index (χ1n) is 6.35. The smallest absolute Gasteiger partial charge is 0.254 e. The number of aromatic amines is 1. The van der Waals surface area contributed by atoms with Gasteiger partial charge in [0.05, 0.1) is 18.7 Å². The summed E-state index contributed by atoms with van der Waals surface area (Å²) in [6.45, 7) is 1.77. The summed E-state index contributed by atoms with van der Waals surface area (Å²) < 4.78 is 18.9. The van der Waals surface area contributed by atoms with Crippen molar-refractivity contribution in [2.75, 3.05) is 7.11 Å². The molecule has 0 aliphatic heterocycles. The fraction of sp³-hybridized carbons (Fsp3) is 0.200. The molecule has 110 valence electrons. The van der Waals surface area contributed by atoms with Gasteiger partial charge in [0.25, 0.3) is 5.91 Å². The van der Waals surface area contributed by atoms with Crippen molar-refractivity contribution in [3.63, 3.8) is 0 Å². The third-order valence-corrected chi connectivity index (χ3v) is 3.42. The highest BCUT2D eigenvalue weighted by Gasteiger charge is 2.14. The highest BCUT2D eigenvalue weighted by molar-refractivity contribution is 7.71. The SMILES string of the molecule is COc1ccc(C(C)NC(=O)c2ccc[nH]c2=S)cc1F. The molecule has 0 aliphatic carbocycles. The van der Waals surface area contributed by atoms with Crippen molar-refractivity contribution >= 4 is 18.1 Å². The van der Waals surface area contributed by atoms with Crippen LogP contribution < -0.4 is 10.1 Å². The summed E-state index contributed by atoms with van der Waals surface area (Å²) in [6, 6.07) is 7.56. The molecule has 0 radical (unpaired) electrons. The quantitative estimate of drug-likeness (QED) is 0.851. The predicted octanol–water partition coefficient (Wildman–Crippen LogP) is 3.38. The average molecular weight is 306 g/mol. The number of carbonyl (C=O) groups excluding carboxylic acids is 1. The molecule has 6 heteroatoms. The molecule has 2 N–H and O–H groups in total. The number of benzene rings is 1. The van der Waals surface area contributed by atoms with Crippen molar-refractivity contribution in [2.45, 2.75) is 13.0 Å². The molecule has 1 unspecified atom stereocenters. The van der Waals surface area contributed by atoms with E-state index >= 15 is 0 Å². The number of aromatic nitrogens is 1. The summed E-state index contributed by atoms with van der Waals surface area (Å²) in [6.07, 6.45) is 1.65. The lowest BCUT2D eigenvalue weighted by Crippen LogP contribution is -2.27. The van der Waals surface area contributed by atoms with Gasteiger partial charge in [-0.3, -0.25) is 4.79 Å². The summed E-state index contributed by atoms with van der Waals surface area (Å²) in [5.41, 5.74) is 1.03. The number of halogens is 1. The Balaban J connectivity index is 2.16. The fourth-order valence-electron chi connectivity index (χ4n) is 1.91. The topological polar surface area (TPSA) is 54.1 Å². The zero-order chi connectivity index (χ0) is 15.4. The molecule has 1 heterocycles. The van der Waals surface area contributed by atoms with E-state index in [1.165, 1.54) is 19.2 Å². The van der Waals surface area contributed by atoms with Crippen LogP contribution in [0, 0.1) is 10.5 Å². The summed E-state index contributed by atoms with van der Waals surface area (Å²) >= 11 is 5.06. The largest absolute Gasteiger partial charge is 0.494 e. The molecule has 1 aromatic carbocycles. The minimum Gasteiger partial charge on any atom is -0.494 e. The molecule has 1 aromatic heterocycles. The predicted molar refractivity (Wildman–Crippen MR) is 80.5 cm³/mol. The third-order valence-electron chi connectivity index (χ3n) is 3.09. The Bertz CT molecular complexity index is 715. The lowest BCUT2D eigenvalue weighted by Gasteiger charge is -2.15. The van der Waals surface area contributed by atoms with E-state index in [0.29, 0.717) is 15.8 Å². The Morgan fingerprint density at radius 1 is 1.43 bits per heavy atom. The van der Waals surface area contributed by atoms with Gasteiger partial charge < -0.3 is 15.0 Å². The van der Waals surface area contributed by atoms with Crippen molar-refractivity contribution < 1.29 is 13.9 Å². The van der Waals surface area contributed by atoms with E-state index < -0.39 is 5.82 Å². The molecule has 1 amide bonds. The Hall–Kier alpha value is -2.21. The third kappa shape index (κ3) is 3.46. The molecule has 0 saturated carbocycles. The fourth-order valence-corrected chi connectivity index (χ4v) is 2.14. The van der Waals surface area contributed by atoms with Crippen LogP contribution in [0.2, 0.25) is 0 Å². The standard InChI is InChI=1S/C15H15FN2O2S/c1-9(10-5-6-13(20-2)12(16)8-10)18-14(19)11-4-3-7-17-15(11)21/h3-9H,1-2H3,(H,17,21)(H,18,19). The number of ether oxygens (including phenoxy) is 1. The number of amides is 1. The van der Waals surface area contributed by atoms with Gasteiger partial charge in [0.1, 0.15) is 4.64 Å². The van der Waals surface area contributed by atoms with Crippen molar-refractivity contribution in [1.82, 2.24) is 10.3 Å². The van der Waals surface area contributed by atoms with E-state index in [9.17, 15) is 9.18 Å². The molecule has 21 heavy (non-hydrogen) atoms. The van der Waals surface area contributed by atoms with E-state index in [2.05, 4.69) is 10.3 Å². The molecule has 0 saturated heterocycles. The molecule has 0 fully saturated rings. The van der Waals surface area contributed by atoms with Gasteiger partial charge >= 0.3 is 0 Å². The van der Waals surface area contributed by atoms with E-state index in [1.807, 2.05) is 0 Å². The molecule has 1 atom stereocenters. The molecular formula is C15H15FN2O2S. The first kappa shape index (κ1) is 15.2. The maximum absolute atomic E-state index is 13.7. The summed E-state index contributed by atoms with van der Waals surface area (Å²) in [4.78, 5) is 14.9. The summed E-state index contributed by atoms with van der Waals surface area (Å²) in [5.74, 6) is -0.601. The first-order chi connectivity index (χ1) is 10.0. The first-order valence-corrected chi connectivity index (χ1v) is 6.75. The van der Waals surface area contributed by atoms with E-state index in [4.69, 9.17) is 17.0 Å². The van der Waals surface area contributed by atoms with Crippen LogP contribution in [0.4, 0.5) is 4.39 Å². The maximum atomic E-state index is 13.7. The minimum atomic E-state index is -0.465. The zero-order valence-corrected chi connectivity index (χ0v) is 12.5. The van der Waals surface area contributed by atoms with Crippen LogP contribution in [0.15, 0.2) is 36.5 Å². The highest BCUT2D eigenvalue weighted by Crippen LogP contribution is 2.21. The van der Waals surface area contributed by atoms with Gasteiger partial charge in [0, 0.05) is 6.20 Å². The Morgan fingerprint density at radius 2 is 2.19 bits per heavy atom. The second-order valence-electron chi connectivity index (χ2n) is 4.50. The number of rotatable bonds is 4. The number of H-pyrrole nitrogens is 1. The van der Waals surface area contributed by atoms with Crippen LogP contribution in [0.25, 0.3) is 0 Å². The van der Waals surface area contributed by atoms with Crippen LogP contribution in [0.1, 0.15) is 28.9 Å².